The molecule has 0 aliphatic heterocycles. The lowest BCUT2D eigenvalue weighted by atomic mass is 10.0. The minimum atomic E-state index is -4.91. The third kappa shape index (κ3) is 15.7. The SMILES string of the molecule is CNC(=O)[C@H](Cc1c[nH]c2cc(Cl)ccc12)NC(=O)[C@H](CCC(=O)O)NC(=O)[C@H](Cc1ccccc1)NC(=O)[C@H](Cc1ccc(C(=O)[P+](O)(O)O)cc1)NC(=O)[C@H](CCC(=O)O)NC(C)=O. The van der Waals surface area contributed by atoms with Gasteiger partial charge in [-0.15, -0.1) is 0 Å². The van der Waals surface area contributed by atoms with Gasteiger partial charge in [-0.1, -0.05) is 60.1 Å². The second-order valence-electron chi connectivity index (χ2n) is 15.1. The van der Waals surface area contributed by atoms with Crippen LogP contribution < -0.4 is 31.9 Å². The topological polar surface area (TPSA) is 343 Å². The summed E-state index contributed by atoms with van der Waals surface area (Å²) in [6.07, 6.45) is -0.954. The van der Waals surface area contributed by atoms with E-state index in [0.29, 0.717) is 27.1 Å². The zero-order valence-electron chi connectivity index (χ0n) is 35.6. The highest BCUT2D eigenvalue weighted by Crippen LogP contribution is 2.47. The molecule has 3 aromatic carbocycles. The summed E-state index contributed by atoms with van der Waals surface area (Å²) in [5.41, 5.74) is 0.410. The number of rotatable bonds is 24. The van der Waals surface area contributed by atoms with Crippen LogP contribution >= 0.6 is 19.5 Å². The molecular formula is C43H50ClN7O14P+. The highest BCUT2D eigenvalue weighted by Gasteiger charge is 2.43. The summed E-state index contributed by atoms with van der Waals surface area (Å²) in [4.78, 5) is 148. The van der Waals surface area contributed by atoms with Crippen molar-refractivity contribution >= 4 is 83.4 Å². The van der Waals surface area contributed by atoms with Crippen molar-refractivity contribution in [1.82, 2.24) is 36.9 Å². The Morgan fingerprint density at radius 2 is 1.08 bits per heavy atom. The molecule has 0 aliphatic carbocycles. The number of carbonyl (C=O) groups is 9. The molecule has 0 fully saturated rings. The van der Waals surface area contributed by atoms with E-state index >= 15 is 0 Å². The Hall–Kier alpha value is -6.77. The standard InChI is InChI=1S/C43H49ClN7O14P/c1-23(52)47-30(14-16-36(53)54)39(58)49-34(19-25-8-10-26(11-9-25)43(62)66(63,64)65)42(61)50-33(18-24-6-4-3-5-7-24)41(60)48-31(15-17-37(55)56)40(59)51-35(38(57)45-2)20-27-22-46-32-21-28(44)12-13-29(27)32/h3-13,21-22,30-31,33-35,46,63-65H,14-20H2,1-2H3,(H7-,45,47,48,49,50,51,52,53,54,55,56,57,58,59,60,61)/p+1/t30-,31-,33-,34-,35-/m0/s1. The van der Waals surface area contributed by atoms with Gasteiger partial charge in [-0.05, 0) is 53.8 Å². The number of halogens is 1. The molecule has 0 radical (unpaired) electrons. The first-order valence-electron chi connectivity index (χ1n) is 20.3. The normalized spacial score (nSPS) is 13.5. The van der Waals surface area contributed by atoms with E-state index in [1.165, 1.54) is 19.2 Å². The molecule has 6 amide bonds. The average molecular weight is 955 g/mol. The van der Waals surface area contributed by atoms with Crippen LogP contribution in [-0.2, 0) is 57.6 Å². The third-order valence-electron chi connectivity index (χ3n) is 10.1. The number of H-pyrrole nitrogens is 1. The van der Waals surface area contributed by atoms with E-state index in [0.717, 1.165) is 19.1 Å². The molecule has 4 aromatic rings. The van der Waals surface area contributed by atoms with Crippen molar-refractivity contribution < 1.29 is 68.0 Å². The Kier molecular flexibility index (Phi) is 18.8. The van der Waals surface area contributed by atoms with E-state index in [-0.39, 0.29) is 36.8 Å². The minimum Gasteiger partial charge on any atom is -0.481 e. The maximum atomic E-state index is 14.3. The van der Waals surface area contributed by atoms with E-state index in [9.17, 15) is 68.0 Å². The average Bonchev–Trinajstić information content (AvgIpc) is 3.66. The highest BCUT2D eigenvalue weighted by molar-refractivity contribution is 7.76. The first-order chi connectivity index (χ1) is 31.1. The van der Waals surface area contributed by atoms with Gasteiger partial charge in [0.05, 0.1) is 5.56 Å². The fourth-order valence-corrected chi connectivity index (χ4v) is 7.47. The molecule has 23 heteroatoms. The molecule has 0 aliphatic rings. The number of aromatic nitrogens is 1. The Morgan fingerprint density at radius 1 is 0.606 bits per heavy atom. The van der Waals surface area contributed by atoms with Crippen molar-refractivity contribution in [2.24, 2.45) is 0 Å². The van der Waals surface area contributed by atoms with Gasteiger partial charge in [0.2, 0.25) is 35.4 Å². The van der Waals surface area contributed by atoms with E-state index in [2.05, 4.69) is 36.9 Å². The molecule has 66 heavy (non-hydrogen) atoms. The van der Waals surface area contributed by atoms with Gasteiger partial charge in [-0.25, -0.2) is 4.79 Å². The number of likely N-dealkylation sites (N-methyl/N-ethyl adjacent to an activating group) is 1. The van der Waals surface area contributed by atoms with Crippen molar-refractivity contribution in [1.29, 1.82) is 0 Å². The number of fused-ring (bicyclic) bond motifs is 1. The fourth-order valence-electron chi connectivity index (χ4n) is 6.80. The third-order valence-corrected chi connectivity index (χ3v) is 11.2. The van der Waals surface area contributed by atoms with Crippen LogP contribution in [0.1, 0.15) is 59.7 Å². The second-order valence-corrected chi connectivity index (χ2v) is 17.1. The van der Waals surface area contributed by atoms with E-state index in [1.54, 1.807) is 54.7 Å². The lowest BCUT2D eigenvalue weighted by Crippen LogP contribution is -2.60. The summed E-state index contributed by atoms with van der Waals surface area (Å²) < 4.78 is 0. The molecule has 1 heterocycles. The van der Waals surface area contributed by atoms with Crippen LogP contribution in [-0.4, -0.2) is 120 Å². The molecule has 0 bridgehead atoms. The molecule has 0 spiro atoms. The predicted molar refractivity (Wildman–Crippen MR) is 238 cm³/mol. The molecule has 0 saturated heterocycles. The predicted octanol–water partition coefficient (Wildman–Crippen LogP) is 0.648. The van der Waals surface area contributed by atoms with Gasteiger partial charge >= 0.3 is 25.4 Å². The Balaban J connectivity index is 1.66. The Labute approximate surface area is 382 Å². The largest absolute Gasteiger partial charge is 0.483 e. The second kappa shape index (κ2) is 24.0. The number of aromatic amines is 1. The van der Waals surface area contributed by atoms with Crippen LogP contribution in [0.4, 0.5) is 0 Å². The summed E-state index contributed by atoms with van der Waals surface area (Å²) in [7, 11) is -3.55. The number of carboxylic acid groups (broad SMARTS) is 2. The number of amides is 6. The number of carbonyl (C=O) groups excluding carboxylic acids is 7. The van der Waals surface area contributed by atoms with Crippen molar-refractivity contribution in [3.63, 3.8) is 0 Å². The number of benzene rings is 3. The monoisotopic (exact) mass is 954 g/mol. The van der Waals surface area contributed by atoms with Crippen molar-refractivity contribution in [3.8, 4) is 0 Å². The van der Waals surface area contributed by atoms with Crippen LogP contribution in [0.15, 0.2) is 79.0 Å². The fraction of sp³-hybridized carbons (Fsp3) is 0.326. The minimum absolute atomic E-state index is 0.0307. The first kappa shape index (κ1) is 51.9. The molecule has 352 valence electrons. The van der Waals surface area contributed by atoms with Crippen molar-refractivity contribution in [2.45, 2.75) is 82.1 Å². The zero-order valence-corrected chi connectivity index (χ0v) is 37.2. The molecule has 12 N–H and O–H groups in total. The Morgan fingerprint density at radius 3 is 1.56 bits per heavy atom. The van der Waals surface area contributed by atoms with Gasteiger partial charge in [-0.3, -0.25) is 38.4 Å². The first-order valence-corrected chi connectivity index (χ1v) is 22.3. The summed E-state index contributed by atoms with van der Waals surface area (Å²) in [6.45, 7) is 1.09. The van der Waals surface area contributed by atoms with Gasteiger partial charge in [0.1, 0.15) is 30.2 Å². The van der Waals surface area contributed by atoms with Gasteiger partial charge in [0, 0.05) is 68.2 Å². The molecule has 0 unspecified atom stereocenters. The summed E-state index contributed by atoms with van der Waals surface area (Å²) in [6, 6.07) is 10.8. The smallest absolute Gasteiger partial charge is 0.481 e. The van der Waals surface area contributed by atoms with Crippen molar-refractivity contribution in [2.75, 3.05) is 7.05 Å². The van der Waals surface area contributed by atoms with Crippen LogP contribution in [0, 0.1) is 0 Å². The number of nitrogens with one attached hydrogen (secondary N) is 7. The Bertz CT molecular complexity index is 2430. The maximum Gasteiger partial charge on any atom is 0.483 e. The number of carboxylic acids is 2. The van der Waals surface area contributed by atoms with Gasteiger partial charge in [0.15, 0.2) is 0 Å². The number of hydrogen-bond acceptors (Lipinski definition) is 12. The lowest BCUT2D eigenvalue weighted by Gasteiger charge is -2.27. The van der Waals surface area contributed by atoms with E-state index < -0.39 is 110 Å². The number of aliphatic carboxylic acids is 2. The van der Waals surface area contributed by atoms with Crippen LogP contribution in [0.2, 0.25) is 5.02 Å². The van der Waals surface area contributed by atoms with Gasteiger partial charge < -0.3 is 47.1 Å². The maximum absolute atomic E-state index is 14.3. The molecular weight excluding hydrogens is 905 g/mol. The lowest BCUT2D eigenvalue weighted by molar-refractivity contribution is -0.139. The molecule has 1 aromatic heterocycles. The van der Waals surface area contributed by atoms with Crippen molar-refractivity contribution in [3.05, 3.63) is 106 Å². The van der Waals surface area contributed by atoms with E-state index in [1.807, 2.05) is 0 Å². The van der Waals surface area contributed by atoms with Crippen LogP contribution in [0.3, 0.4) is 0 Å². The highest BCUT2D eigenvalue weighted by atomic mass is 35.5. The summed E-state index contributed by atoms with van der Waals surface area (Å²) >= 11 is 6.12. The zero-order chi connectivity index (χ0) is 48.7. The van der Waals surface area contributed by atoms with Crippen LogP contribution in [0.5, 0.6) is 0 Å². The quantitative estimate of drug-likeness (QED) is 0.0430. The molecule has 21 nitrogen and oxygen atoms in total. The van der Waals surface area contributed by atoms with E-state index in [4.69, 9.17) is 11.6 Å². The van der Waals surface area contributed by atoms with Gasteiger partial charge in [0.25, 0.3) is 0 Å². The summed E-state index contributed by atoms with van der Waals surface area (Å²) in [5.74, 6) is -7.77. The molecule has 4 rings (SSSR count). The molecule has 0 saturated carbocycles. The summed E-state index contributed by atoms with van der Waals surface area (Å²) in [5, 5.41) is 35.0. The number of hydrogen-bond donors (Lipinski definition) is 12. The van der Waals surface area contributed by atoms with Gasteiger partial charge in [-0.2, -0.15) is 14.7 Å². The van der Waals surface area contributed by atoms with Crippen LogP contribution in [0.25, 0.3) is 10.9 Å². The molecule has 5 atom stereocenters.